The molecule has 5 rings (SSSR count). The Hall–Kier alpha value is -1.72. The van der Waals surface area contributed by atoms with Crippen LogP contribution >= 0.6 is 23.4 Å². The van der Waals surface area contributed by atoms with Gasteiger partial charge in [-0.1, -0.05) is 29.8 Å². The van der Waals surface area contributed by atoms with Gasteiger partial charge in [0.05, 0.1) is 16.3 Å². The van der Waals surface area contributed by atoms with E-state index in [0.717, 1.165) is 52.8 Å². The molecule has 4 nitrogen and oxygen atoms in total. The maximum absolute atomic E-state index is 12.4. The lowest BCUT2D eigenvalue weighted by atomic mass is 9.81. The van der Waals surface area contributed by atoms with Gasteiger partial charge in [0.15, 0.2) is 0 Å². The zero-order chi connectivity index (χ0) is 16.7. The molecule has 0 unspecified atom stereocenters. The van der Waals surface area contributed by atoms with Crippen molar-refractivity contribution in [3.63, 3.8) is 0 Å². The smallest absolute Gasteiger partial charge is 0.258 e. The summed E-state index contributed by atoms with van der Waals surface area (Å²) >= 11 is 7.87. The molecule has 24 heavy (non-hydrogen) atoms. The van der Waals surface area contributed by atoms with Crippen molar-refractivity contribution in [2.24, 2.45) is 0 Å². The number of nitrogens with one attached hydrogen (secondary N) is 2. The molecule has 0 saturated carbocycles. The molecule has 0 aliphatic carbocycles. The Labute approximate surface area is 149 Å². The van der Waals surface area contributed by atoms with Gasteiger partial charge in [0.1, 0.15) is 0 Å². The zero-order valence-corrected chi connectivity index (χ0v) is 14.7. The lowest BCUT2D eigenvalue weighted by molar-refractivity contribution is 0.468. The van der Waals surface area contributed by atoms with Crippen LogP contribution < -0.4 is 10.5 Å². The highest BCUT2D eigenvalue weighted by molar-refractivity contribution is 7.98. The molecule has 0 radical (unpaired) electrons. The van der Waals surface area contributed by atoms with E-state index in [-0.39, 0.29) is 5.56 Å². The number of benzene rings is 1. The summed E-state index contributed by atoms with van der Waals surface area (Å²) in [4.78, 5) is 17.8. The lowest BCUT2D eigenvalue weighted by Gasteiger charge is -2.43. The van der Waals surface area contributed by atoms with Gasteiger partial charge in [0.25, 0.3) is 5.56 Å². The topological polar surface area (TPSA) is 60.0 Å². The molecule has 1 aromatic carbocycles. The van der Waals surface area contributed by atoms with E-state index in [4.69, 9.17) is 17.0 Å². The highest BCUT2D eigenvalue weighted by Crippen LogP contribution is 2.46. The maximum atomic E-state index is 12.4. The predicted octanol–water partition coefficient (Wildman–Crippen LogP) is 4.02. The van der Waals surface area contributed by atoms with Crippen LogP contribution in [-0.4, -0.2) is 24.3 Å². The number of aromatic nitrogens is 1. The number of nitrogens with zero attached hydrogens (tertiary/aromatic N) is 1. The average molecular weight is 360 g/mol. The molecule has 3 aliphatic heterocycles. The molecule has 4 heterocycles. The lowest BCUT2D eigenvalue weighted by Crippen LogP contribution is -2.41. The minimum Gasteiger partial charge on any atom is -0.369 e. The normalized spacial score (nSPS) is 16.3. The van der Waals surface area contributed by atoms with Crippen molar-refractivity contribution in [1.82, 2.24) is 4.98 Å². The molecule has 1 fully saturated rings. The van der Waals surface area contributed by atoms with Gasteiger partial charge in [0.2, 0.25) is 0 Å². The van der Waals surface area contributed by atoms with E-state index in [1.54, 1.807) is 11.8 Å². The van der Waals surface area contributed by atoms with Crippen molar-refractivity contribution in [2.45, 2.75) is 29.5 Å². The SMILES string of the molecule is N=Cc1c2c(c(SCc3ccccc3Cl)[nH]c1=O)N1CCC2CC1. The molecule has 0 amide bonds. The molecule has 124 valence electrons. The Bertz CT molecular complexity index is 856. The van der Waals surface area contributed by atoms with E-state index in [1.807, 2.05) is 24.3 Å². The largest absolute Gasteiger partial charge is 0.369 e. The van der Waals surface area contributed by atoms with Gasteiger partial charge >= 0.3 is 0 Å². The van der Waals surface area contributed by atoms with Crippen LogP contribution in [0.3, 0.4) is 0 Å². The third-order valence-corrected chi connectivity index (χ3v) is 6.33. The number of anilines is 1. The fourth-order valence-corrected chi connectivity index (χ4v) is 5.11. The third kappa shape index (κ3) is 2.56. The Kier molecular flexibility index (Phi) is 4.14. The highest BCUT2D eigenvalue weighted by atomic mass is 35.5. The second kappa shape index (κ2) is 6.30. The minimum absolute atomic E-state index is 0.154. The summed E-state index contributed by atoms with van der Waals surface area (Å²) in [7, 11) is 0. The van der Waals surface area contributed by atoms with Gasteiger partial charge in [-0.3, -0.25) is 4.79 Å². The zero-order valence-electron chi connectivity index (χ0n) is 13.1. The number of thioether (sulfide) groups is 1. The Morgan fingerprint density at radius 2 is 2.08 bits per heavy atom. The molecule has 0 atom stereocenters. The van der Waals surface area contributed by atoms with Crippen LogP contribution in [0.15, 0.2) is 34.1 Å². The van der Waals surface area contributed by atoms with Gasteiger partial charge in [0, 0.05) is 30.1 Å². The quantitative estimate of drug-likeness (QED) is 0.640. The number of rotatable bonds is 4. The van der Waals surface area contributed by atoms with E-state index < -0.39 is 0 Å². The van der Waals surface area contributed by atoms with Crippen molar-refractivity contribution >= 4 is 35.3 Å². The molecule has 2 aromatic rings. The second-order valence-corrected chi connectivity index (χ2v) is 7.64. The van der Waals surface area contributed by atoms with Gasteiger partial charge in [-0.25, -0.2) is 0 Å². The van der Waals surface area contributed by atoms with E-state index in [0.29, 0.717) is 17.2 Å². The molecule has 1 saturated heterocycles. The molecular weight excluding hydrogens is 342 g/mol. The van der Waals surface area contributed by atoms with Crippen molar-refractivity contribution < 1.29 is 0 Å². The Morgan fingerprint density at radius 1 is 1.33 bits per heavy atom. The molecule has 2 N–H and O–H groups in total. The first-order valence-electron chi connectivity index (χ1n) is 8.11. The number of H-pyrrole nitrogens is 1. The summed E-state index contributed by atoms with van der Waals surface area (Å²) in [6, 6.07) is 7.80. The first-order chi connectivity index (χ1) is 11.7. The van der Waals surface area contributed by atoms with Crippen LogP contribution in [0.1, 0.15) is 35.4 Å². The summed E-state index contributed by atoms with van der Waals surface area (Å²) in [6.45, 7) is 2.06. The van der Waals surface area contributed by atoms with Crippen LogP contribution in [0.25, 0.3) is 0 Å². The van der Waals surface area contributed by atoms with Crippen molar-refractivity contribution in [1.29, 1.82) is 5.41 Å². The maximum Gasteiger partial charge on any atom is 0.258 e. The summed E-state index contributed by atoms with van der Waals surface area (Å²) in [5.74, 6) is 1.12. The van der Waals surface area contributed by atoms with E-state index in [2.05, 4.69) is 9.88 Å². The van der Waals surface area contributed by atoms with Crippen molar-refractivity contribution in [3.05, 3.63) is 56.3 Å². The van der Waals surface area contributed by atoms with Gasteiger partial charge in [-0.05, 0) is 36.0 Å². The average Bonchev–Trinajstić information content (AvgIpc) is 2.61. The fourth-order valence-electron chi connectivity index (χ4n) is 3.73. The van der Waals surface area contributed by atoms with Crippen molar-refractivity contribution in [3.8, 4) is 0 Å². The standard InChI is InChI=1S/C18H18ClN3OS/c19-14-4-2-1-3-12(14)10-24-18-16-15(13(9-20)17(23)21-18)11-5-7-22(16)8-6-11/h1-4,9,11,20H,5-8,10H2,(H,21,23). The third-order valence-electron chi connectivity index (χ3n) is 4.93. The summed E-state index contributed by atoms with van der Waals surface area (Å²) < 4.78 is 0. The number of fused-ring (bicyclic) bond motifs is 2. The number of pyridine rings is 1. The molecule has 2 bridgehead atoms. The van der Waals surface area contributed by atoms with E-state index >= 15 is 0 Å². The van der Waals surface area contributed by atoms with Crippen LogP contribution in [0.4, 0.5) is 5.69 Å². The molecule has 1 aromatic heterocycles. The first kappa shape index (κ1) is 15.8. The summed E-state index contributed by atoms with van der Waals surface area (Å²) in [6.07, 6.45) is 3.36. The number of hydrogen-bond acceptors (Lipinski definition) is 4. The van der Waals surface area contributed by atoms with E-state index in [9.17, 15) is 4.79 Å². The Morgan fingerprint density at radius 3 is 2.79 bits per heavy atom. The monoisotopic (exact) mass is 359 g/mol. The van der Waals surface area contributed by atoms with Crippen molar-refractivity contribution in [2.75, 3.05) is 18.0 Å². The minimum atomic E-state index is -0.154. The number of aromatic amines is 1. The second-order valence-electron chi connectivity index (χ2n) is 6.24. The van der Waals surface area contributed by atoms with E-state index in [1.165, 1.54) is 6.21 Å². The van der Waals surface area contributed by atoms with Gasteiger partial charge in [-0.2, -0.15) is 0 Å². The number of halogens is 1. The number of hydrogen-bond donors (Lipinski definition) is 2. The first-order valence-corrected chi connectivity index (χ1v) is 9.47. The number of piperidine rings is 1. The predicted molar refractivity (Wildman–Crippen MR) is 100 cm³/mol. The Balaban J connectivity index is 1.75. The molecule has 3 aliphatic rings. The highest BCUT2D eigenvalue weighted by Gasteiger charge is 2.35. The molecular formula is C18H18ClN3OS. The van der Waals surface area contributed by atoms with Gasteiger partial charge in [-0.15, -0.1) is 11.8 Å². The van der Waals surface area contributed by atoms with Crippen LogP contribution in [0.5, 0.6) is 0 Å². The molecule has 6 heteroatoms. The summed E-state index contributed by atoms with van der Waals surface area (Å²) in [5.41, 5.74) is 3.65. The van der Waals surface area contributed by atoms with Crippen LogP contribution in [-0.2, 0) is 5.75 Å². The fraction of sp³-hybridized carbons (Fsp3) is 0.333. The van der Waals surface area contributed by atoms with Crippen LogP contribution in [0.2, 0.25) is 5.02 Å². The molecule has 0 spiro atoms. The van der Waals surface area contributed by atoms with Gasteiger partial charge < -0.3 is 15.3 Å². The summed E-state index contributed by atoms with van der Waals surface area (Å²) in [5, 5.41) is 9.31. The van der Waals surface area contributed by atoms with Crippen LogP contribution in [0, 0.1) is 5.41 Å².